The van der Waals surface area contributed by atoms with Crippen molar-refractivity contribution in [2.24, 2.45) is 0 Å². The molecule has 0 nitrogen and oxygen atoms in total. The molecule has 0 saturated heterocycles. The van der Waals surface area contributed by atoms with E-state index in [1.807, 2.05) is 18.2 Å². The van der Waals surface area contributed by atoms with Gasteiger partial charge in [-0.25, -0.2) is 0 Å². The van der Waals surface area contributed by atoms with E-state index in [1.165, 1.54) is 15.9 Å². The second-order valence-corrected chi connectivity index (χ2v) is 9.96. The van der Waals surface area contributed by atoms with Crippen molar-refractivity contribution < 1.29 is 0 Å². The molecule has 0 aliphatic carbocycles. The predicted molar refractivity (Wildman–Crippen MR) is 111 cm³/mol. The zero-order valence-electron chi connectivity index (χ0n) is 14.6. The van der Waals surface area contributed by atoms with Crippen molar-refractivity contribution >= 4 is 18.4 Å². The topological polar surface area (TPSA) is 0 Å². The quantitative estimate of drug-likeness (QED) is 0.375. The highest BCUT2D eigenvalue weighted by Gasteiger charge is 2.35. The fourth-order valence-electron chi connectivity index (χ4n) is 3.16. The van der Waals surface area contributed by atoms with Gasteiger partial charge < -0.3 is 0 Å². The van der Waals surface area contributed by atoms with E-state index in [1.54, 1.807) is 0 Å². The molecule has 122 valence electrons. The van der Waals surface area contributed by atoms with E-state index in [0.717, 1.165) is 11.6 Å². The molecule has 0 aliphatic heterocycles. The van der Waals surface area contributed by atoms with Crippen LogP contribution in [0.25, 0.3) is 0 Å². The Labute approximate surface area is 151 Å². The molecule has 0 heterocycles. The summed E-state index contributed by atoms with van der Waals surface area (Å²) in [6.07, 6.45) is 0. The molecule has 0 atom stereocenters. The summed E-state index contributed by atoms with van der Waals surface area (Å²) in [7, 11) is -2.25. The molecule has 0 saturated carbocycles. The summed E-state index contributed by atoms with van der Waals surface area (Å²) in [6, 6.07) is 32.7. The minimum Gasteiger partial charge on any atom is -0.114 e. The van der Waals surface area contributed by atoms with E-state index in [9.17, 15) is 0 Å². The van der Waals surface area contributed by atoms with E-state index >= 15 is 0 Å². The standard InChI is InChI=1S/C24H22Si/c1-21(2)20-25(23-14-8-4-9-15-23,24-16-10-5-11-17-24)19-18-22-12-6-3-7-13-22/h3-17H,1,20H2,2H3. The highest BCUT2D eigenvalue weighted by molar-refractivity contribution is 7.08. The van der Waals surface area contributed by atoms with Crippen LogP contribution in [-0.4, -0.2) is 8.07 Å². The molecule has 0 N–H and O–H groups in total. The summed E-state index contributed by atoms with van der Waals surface area (Å²) in [5, 5.41) is 2.68. The van der Waals surface area contributed by atoms with Gasteiger partial charge in [0.2, 0.25) is 8.07 Å². The summed E-state index contributed by atoms with van der Waals surface area (Å²) in [5.74, 6) is 3.46. The molecule has 0 radical (unpaired) electrons. The maximum atomic E-state index is 4.21. The van der Waals surface area contributed by atoms with Crippen LogP contribution in [0.15, 0.2) is 103 Å². The first kappa shape index (κ1) is 17.0. The number of hydrogen-bond acceptors (Lipinski definition) is 0. The molecule has 0 fully saturated rings. The van der Waals surface area contributed by atoms with E-state index in [0.29, 0.717) is 0 Å². The molecule has 3 aromatic carbocycles. The van der Waals surface area contributed by atoms with Crippen LogP contribution in [0, 0.1) is 11.5 Å². The van der Waals surface area contributed by atoms with E-state index in [-0.39, 0.29) is 0 Å². The Morgan fingerprint density at radius 1 is 0.760 bits per heavy atom. The first-order chi connectivity index (χ1) is 12.2. The monoisotopic (exact) mass is 338 g/mol. The van der Waals surface area contributed by atoms with Crippen LogP contribution >= 0.6 is 0 Å². The zero-order chi connectivity index (χ0) is 17.5. The maximum Gasteiger partial charge on any atom is 0.203 e. The van der Waals surface area contributed by atoms with Crippen LogP contribution in [0.3, 0.4) is 0 Å². The highest BCUT2D eigenvalue weighted by Crippen LogP contribution is 2.16. The van der Waals surface area contributed by atoms with Crippen LogP contribution < -0.4 is 10.4 Å². The Hall–Kier alpha value is -2.82. The van der Waals surface area contributed by atoms with Crippen LogP contribution in [-0.2, 0) is 0 Å². The second-order valence-electron chi connectivity index (χ2n) is 6.39. The van der Waals surface area contributed by atoms with Crippen LogP contribution in [0.4, 0.5) is 0 Å². The lowest BCUT2D eigenvalue weighted by atomic mass is 10.2. The minimum absolute atomic E-state index is 0.931. The molecule has 1 heteroatoms. The molecule has 0 amide bonds. The summed E-state index contributed by atoms with van der Waals surface area (Å²) < 4.78 is 0. The van der Waals surface area contributed by atoms with Gasteiger partial charge in [-0.05, 0) is 35.5 Å². The predicted octanol–water partition coefficient (Wildman–Crippen LogP) is 4.42. The van der Waals surface area contributed by atoms with Gasteiger partial charge in [0.05, 0.1) is 0 Å². The van der Waals surface area contributed by atoms with Crippen molar-refractivity contribution in [3.8, 4) is 11.5 Å². The molecular formula is C24H22Si. The Morgan fingerprint density at radius 2 is 1.20 bits per heavy atom. The third-order valence-corrected chi connectivity index (χ3v) is 8.62. The third kappa shape index (κ3) is 3.99. The molecule has 0 aromatic heterocycles. The lowest BCUT2D eigenvalue weighted by Gasteiger charge is -2.27. The fourth-order valence-corrected chi connectivity index (χ4v) is 7.06. The summed E-state index contributed by atoms with van der Waals surface area (Å²) in [6.45, 7) is 6.32. The van der Waals surface area contributed by atoms with Gasteiger partial charge in [-0.1, -0.05) is 90.4 Å². The molecule has 0 spiro atoms. The van der Waals surface area contributed by atoms with E-state index in [2.05, 4.69) is 97.8 Å². The lowest BCUT2D eigenvalue weighted by molar-refractivity contribution is 1.37. The minimum atomic E-state index is -2.25. The first-order valence-corrected chi connectivity index (χ1v) is 10.7. The van der Waals surface area contributed by atoms with Crippen molar-refractivity contribution in [3.05, 3.63) is 109 Å². The third-order valence-electron chi connectivity index (χ3n) is 4.29. The van der Waals surface area contributed by atoms with Crippen molar-refractivity contribution in [1.82, 2.24) is 0 Å². The Morgan fingerprint density at radius 3 is 1.64 bits per heavy atom. The molecule has 25 heavy (non-hydrogen) atoms. The lowest BCUT2D eigenvalue weighted by Crippen LogP contribution is -2.57. The van der Waals surface area contributed by atoms with Gasteiger partial charge in [-0.2, -0.15) is 0 Å². The van der Waals surface area contributed by atoms with Gasteiger partial charge in [-0.15, -0.1) is 12.1 Å². The van der Waals surface area contributed by atoms with Crippen LogP contribution in [0.2, 0.25) is 6.04 Å². The van der Waals surface area contributed by atoms with Crippen LogP contribution in [0.1, 0.15) is 12.5 Å². The second kappa shape index (κ2) is 7.83. The van der Waals surface area contributed by atoms with Crippen molar-refractivity contribution in [3.63, 3.8) is 0 Å². The smallest absolute Gasteiger partial charge is 0.114 e. The largest absolute Gasteiger partial charge is 0.203 e. The van der Waals surface area contributed by atoms with Crippen LogP contribution in [0.5, 0.6) is 0 Å². The molecule has 0 bridgehead atoms. The number of hydrogen-bond donors (Lipinski definition) is 0. The van der Waals surface area contributed by atoms with Crippen molar-refractivity contribution in [2.75, 3.05) is 0 Å². The van der Waals surface area contributed by atoms with Gasteiger partial charge in [0, 0.05) is 5.56 Å². The summed E-state index contributed by atoms with van der Waals surface area (Å²) >= 11 is 0. The van der Waals surface area contributed by atoms with Gasteiger partial charge in [0.15, 0.2) is 0 Å². The highest BCUT2D eigenvalue weighted by atomic mass is 28.3. The van der Waals surface area contributed by atoms with E-state index in [4.69, 9.17) is 0 Å². The van der Waals surface area contributed by atoms with Crippen molar-refractivity contribution in [2.45, 2.75) is 13.0 Å². The average Bonchev–Trinajstić information content (AvgIpc) is 2.67. The fraction of sp³-hybridized carbons (Fsp3) is 0.0833. The molecule has 3 aromatic rings. The van der Waals surface area contributed by atoms with Gasteiger partial charge >= 0.3 is 0 Å². The van der Waals surface area contributed by atoms with Crippen molar-refractivity contribution in [1.29, 1.82) is 0 Å². The Balaban J connectivity index is 2.22. The Bertz CT molecular complexity index is 845. The number of allylic oxidation sites excluding steroid dienone is 1. The number of benzene rings is 3. The SMILES string of the molecule is C=C(C)C[Si](C#Cc1ccccc1)(c1ccccc1)c1ccccc1. The van der Waals surface area contributed by atoms with Gasteiger partial charge in [-0.3, -0.25) is 0 Å². The van der Waals surface area contributed by atoms with Gasteiger partial charge in [0.25, 0.3) is 0 Å². The number of rotatable bonds is 4. The first-order valence-electron chi connectivity index (χ1n) is 8.54. The molecule has 3 rings (SSSR count). The van der Waals surface area contributed by atoms with E-state index < -0.39 is 8.07 Å². The summed E-state index contributed by atoms with van der Waals surface area (Å²) in [4.78, 5) is 0. The average molecular weight is 339 g/mol. The molecule has 0 aliphatic rings. The Kier molecular flexibility index (Phi) is 5.33. The normalized spacial score (nSPS) is 10.6. The maximum absolute atomic E-state index is 4.21. The zero-order valence-corrected chi connectivity index (χ0v) is 15.6. The van der Waals surface area contributed by atoms with Gasteiger partial charge in [0.1, 0.15) is 0 Å². The molecular weight excluding hydrogens is 316 g/mol. The molecule has 0 unspecified atom stereocenters. The summed E-state index contributed by atoms with van der Waals surface area (Å²) in [5.41, 5.74) is 5.99.